The van der Waals surface area contributed by atoms with Crippen LogP contribution >= 0.6 is 0 Å². The van der Waals surface area contributed by atoms with Crippen molar-refractivity contribution in [1.29, 1.82) is 0 Å². The Balaban J connectivity index is 1.83. The van der Waals surface area contributed by atoms with Crippen LogP contribution in [0.15, 0.2) is 41.1 Å². The Kier molecular flexibility index (Phi) is 2.03. The van der Waals surface area contributed by atoms with Crippen molar-refractivity contribution in [3.05, 3.63) is 36.7 Å². The first-order valence-electron chi connectivity index (χ1n) is 9.91. The molecule has 0 atom stereocenters. The minimum absolute atomic E-state index is 0.116. The second-order valence-corrected chi connectivity index (χ2v) is 5.05. The SMILES string of the molecule is [2H]C([2H])([2H])Nc1ncc(-c2nc3cc(OC([2H])([2H])[2H])ccc3o2)c2cc(N)ncc12. The molecule has 0 saturated carbocycles. The summed E-state index contributed by atoms with van der Waals surface area (Å²) in [6.45, 7) is -2.44. The number of pyridine rings is 2. The van der Waals surface area contributed by atoms with E-state index in [9.17, 15) is 0 Å². The number of ether oxygens (including phenoxy) is 1. The largest absolute Gasteiger partial charge is 0.497 e. The van der Waals surface area contributed by atoms with Crippen LogP contribution in [0.25, 0.3) is 33.3 Å². The van der Waals surface area contributed by atoms with E-state index in [1.165, 1.54) is 24.5 Å². The van der Waals surface area contributed by atoms with Crippen LogP contribution in [0.2, 0.25) is 0 Å². The number of anilines is 2. The van der Waals surface area contributed by atoms with E-state index in [1.54, 1.807) is 12.1 Å². The fourth-order valence-corrected chi connectivity index (χ4v) is 2.51. The molecule has 7 nitrogen and oxygen atoms in total. The van der Waals surface area contributed by atoms with Crippen LogP contribution in [0, 0.1) is 0 Å². The number of oxazole rings is 1. The molecule has 0 aliphatic rings. The molecule has 0 bridgehead atoms. The lowest BCUT2D eigenvalue weighted by atomic mass is 10.1. The molecule has 4 aromatic rings. The molecule has 0 aliphatic heterocycles. The predicted molar refractivity (Wildman–Crippen MR) is 93.1 cm³/mol. The number of methoxy groups -OCH3 is 1. The Labute approximate surface area is 145 Å². The first-order valence-corrected chi connectivity index (χ1v) is 6.91. The molecule has 0 radical (unpaired) electrons. The van der Waals surface area contributed by atoms with Crippen LogP contribution in [0.1, 0.15) is 8.22 Å². The summed E-state index contributed by atoms with van der Waals surface area (Å²) in [5, 5.41) is 3.32. The molecule has 0 amide bonds. The van der Waals surface area contributed by atoms with Gasteiger partial charge in [0.05, 0.1) is 16.7 Å². The molecule has 0 saturated heterocycles. The molecule has 120 valence electrons. The molecule has 4 rings (SSSR count). The monoisotopic (exact) mass is 327 g/mol. The molecule has 0 aliphatic carbocycles. The molecule has 0 spiro atoms. The molecular weight excluding hydrogens is 306 g/mol. The van der Waals surface area contributed by atoms with E-state index in [2.05, 4.69) is 20.3 Å². The van der Waals surface area contributed by atoms with Crippen molar-refractivity contribution < 1.29 is 17.4 Å². The van der Waals surface area contributed by atoms with Crippen LogP contribution in [0.3, 0.4) is 0 Å². The number of nitrogens with one attached hydrogen (secondary N) is 1. The van der Waals surface area contributed by atoms with E-state index in [4.69, 9.17) is 23.1 Å². The van der Waals surface area contributed by atoms with E-state index in [0.29, 0.717) is 27.4 Å². The summed E-state index contributed by atoms with van der Waals surface area (Å²) in [6, 6.07) is 6.02. The second-order valence-electron chi connectivity index (χ2n) is 5.05. The lowest BCUT2D eigenvalue weighted by molar-refractivity contribution is 0.415. The highest BCUT2D eigenvalue weighted by atomic mass is 16.5. The van der Waals surface area contributed by atoms with Gasteiger partial charge in [0.15, 0.2) is 5.58 Å². The Morgan fingerprint density at radius 2 is 2.17 bits per heavy atom. The van der Waals surface area contributed by atoms with Gasteiger partial charge in [-0.1, -0.05) is 0 Å². The van der Waals surface area contributed by atoms with Crippen LogP contribution in [0.5, 0.6) is 5.75 Å². The van der Waals surface area contributed by atoms with Crippen molar-refractivity contribution in [2.75, 3.05) is 25.1 Å². The molecule has 3 heterocycles. The van der Waals surface area contributed by atoms with E-state index >= 15 is 0 Å². The maximum atomic E-state index is 7.41. The number of rotatable bonds is 3. The third-order valence-electron chi connectivity index (χ3n) is 3.62. The average molecular weight is 327 g/mol. The molecule has 7 heteroatoms. The van der Waals surface area contributed by atoms with E-state index < -0.39 is 14.0 Å². The summed E-state index contributed by atoms with van der Waals surface area (Å²) in [7, 11) is -2.59. The first-order chi connectivity index (χ1) is 14.0. The first kappa shape index (κ1) is 9.07. The Bertz CT molecular complexity index is 1250. The average Bonchev–Trinajstić information content (AvgIpc) is 3.02. The van der Waals surface area contributed by atoms with Crippen molar-refractivity contribution in [2.24, 2.45) is 0 Å². The standard InChI is InChI=1S/C17H15N5O2/c1-19-16-11-7-20-15(18)6-10(11)12(8-21-16)17-22-13-5-9(23-2)3-4-14(13)24-17/h3-8H,1-2H3,(H2,18,20)(H,19,21)/i1D3,2D3. The maximum Gasteiger partial charge on any atom is 0.229 e. The number of fused-ring (bicyclic) bond motifs is 2. The highest BCUT2D eigenvalue weighted by Gasteiger charge is 2.15. The lowest BCUT2D eigenvalue weighted by Gasteiger charge is -2.08. The van der Waals surface area contributed by atoms with Gasteiger partial charge in [0.2, 0.25) is 5.89 Å². The van der Waals surface area contributed by atoms with Crippen LogP contribution in [-0.2, 0) is 0 Å². The number of nitrogen functional groups attached to an aromatic ring is 1. The summed E-state index contributed by atoms with van der Waals surface area (Å²) < 4.78 is 54.5. The smallest absolute Gasteiger partial charge is 0.229 e. The summed E-state index contributed by atoms with van der Waals surface area (Å²) >= 11 is 0. The number of hydrogen-bond donors (Lipinski definition) is 2. The quantitative estimate of drug-likeness (QED) is 0.596. The van der Waals surface area contributed by atoms with Gasteiger partial charge in [-0.2, -0.15) is 0 Å². The fourth-order valence-electron chi connectivity index (χ4n) is 2.51. The third-order valence-corrected chi connectivity index (χ3v) is 3.62. The van der Waals surface area contributed by atoms with E-state index in [-0.39, 0.29) is 23.3 Å². The zero-order valence-electron chi connectivity index (χ0n) is 18.2. The molecular formula is C17H15N5O2. The van der Waals surface area contributed by atoms with Crippen molar-refractivity contribution in [3.63, 3.8) is 0 Å². The second kappa shape index (κ2) is 5.38. The van der Waals surface area contributed by atoms with Gasteiger partial charge >= 0.3 is 0 Å². The van der Waals surface area contributed by atoms with Crippen molar-refractivity contribution >= 4 is 33.5 Å². The minimum atomic E-state index is -2.59. The van der Waals surface area contributed by atoms with Gasteiger partial charge in [-0.25, -0.2) is 15.0 Å². The Morgan fingerprint density at radius 3 is 3.04 bits per heavy atom. The van der Waals surface area contributed by atoms with Gasteiger partial charge in [-0.15, -0.1) is 0 Å². The van der Waals surface area contributed by atoms with Gasteiger partial charge in [-0.3, -0.25) is 0 Å². The molecule has 3 N–H and O–H groups in total. The number of nitrogens with zero attached hydrogens (tertiary/aromatic N) is 3. The number of nitrogens with two attached hydrogens (primary N) is 1. The van der Waals surface area contributed by atoms with Crippen molar-refractivity contribution in [2.45, 2.75) is 0 Å². The summed E-state index contributed by atoms with van der Waals surface area (Å²) in [5.41, 5.74) is 7.07. The summed E-state index contributed by atoms with van der Waals surface area (Å²) in [6.07, 6.45) is 2.83. The van der Waals surface area contributed by atoms with Gasteiger partial charge in [0.1, 0.15) is 22.9 Å². The van der Waals surface area contributed by atoms with Gasteiger partial charge in [-0.05, 0) is 18.2 Å². The third kappa shape index (κ3) is 2.18. The maximum absolute atomic E-state index is 7.41. The number of benzene rings is 1. The molecule has 1 aromatic carbocycles. The minimum Gasteiger partial charge on any atom is -0.497 e. The summed E-state index contributed by atoms with van der Waals surface area (Å²) in [5.74, 6) is 0.653. The zero-order valence-corrected chi connectivity index (χ0v) is 12.2. The van der Waals surface area contributed by atoms with Gasteiger partial charge < -0.3 is 20.2 Å². The van der Waals surface area contributed by atoms with Crippen molar-refractivity contribution in [1.82, 2.24) is 15.0 Å². The number of hydrogen-bond acceptors (Lipinski definition) is 7. The van der Waals surface area contributed by atoms with E-state index in [1.807, 2.05) is 0 Å². The predicted octanol–water partition coefficient (Wildman–Crippen LogP) is 3.07. The van der Waals surface area contributed by atoms with Gasteiger partial charge in [0.25, 0.3) is 0 Å². The van der Waals surface area contributed by atoms with Crippen LogP contribution in [0.4, 0.5) is 11.6 Å². The molecule has 0 fully saturated rings. The Hall–Kier alpha value is -3.35. The highest BCUT2D eigenvalue weighted by molar-refractivity contribution is 6.01. The Morgan fingerprint density at radius 1 is 1.21 bits per heavy atom. The van der Waals surface area contributed by atoms with E-state index in [0.717, 1.165) is 0 Å². The van der Waals surface area contributed by atoms with Crippen LogP contribution in [-0.4, -0.2) is 29.0 Å². The molecule has 24 heavy (non-hydrogen) atoms. The zero-order chi connectivity index (χ0) is 21.7. The molecule has 0 unspecified atom stereocenters. The number of aromatic nitrogens is 3. The highest BCUT2D eigenvalue weighted by Crippen LogP contribution is 2.33. The normalized spacial score (nSPS) is 15.8. The fraction of sp³-hybridized carbons (Fsp3) is 0.118. The van der Waals surface area contributed by atoms with Crippen molar-refractivity contribution in [3.8, 4) is 17.2 Å². The topological polar surface area (TPSA) is 99.1 Å². The lowest BCUT2D eigenvalue weighted by Crippen LogP contribution is -1.97. The van der Waals surface area contributed by atoms with Gasteiger partial charge in [0, 0.05) is 40.3 Å². The summed E-state index contributed by atoms with van der Waals surface area (Å²) in [4.78, 5) is 12.6. The molecule has 3 aromatic heterocycles. The van der Waals surface area contributed by atoms with Crippen LogP contribution < -0.4 is 15.8 Å².